The number of amides is 1. The highest BCUT2D eigenvalue weighted by Gasteiger charge is 2.26. The lowest BCUT2D eigenvalue weighted by molar-refractivity contribution is -0.146. The van der Waals surface area contributed by atoms with Gasteiger partial charge in [-0.15, -0.1) is 0 Å². The van der Waals surface area contributed by atoms with Gasteiger partial charge < -0.3 is 15.8 Å². The second-order valence-corrected chi connectivity index (χ2v) is 4.48. The van der Waals surface area contributed by atoms with Crippen LogP contribution in [0.4, 0.5) is 0 Å². The number of esters is 1. The van der Waals surface area contributed by atoms with Crippen molar-refractivity contribution in [3.63, 3.8) is 0 Å². The summed E-state index contributed by atoms with van der Waals surface area (Å²) >= 11 is 0. The average Bonchev–Trinajstić information content (AvgIpc) is 2.34. The molecule has 0 saturated heterocycles. The maximum atomic E-state index is 11.8. The summed E-state index contributed by atoms with van der Waals surface area (Å²) < 4.78 is 4.70. The second kappa shape index (κ2) is 8.88. The van der Waals surface area contributed by atoms with Crippen molar-refractivity contribution >= 4 is 11.9 Å². The zero-order valence-corrected chi connectivity index (χ0v) is 11.7. The van der Waals surface area contributed by atoms with Crippen LogP contribution in [-0.2, 0) is 14.3 Å². The van der Waals surface area contributed by atoms with Gasteiger partial charge in [0.15, 0.2) is 0 Å². The van der Waals surface area contributed by atoms with Crippen LogP contribution in [0.15, 0.2) is 0 Å². The van der Waals surface area contributed by atoms with Gasteiger partial charge in [0.2, 0.25) is 5.91 Å². The van der Waals surface area contributed by atoms with Crippen molar-refractivity contribution in [2.45, 2.75) is 26.3 Å². The van der Waals surface area contributed by atoms with Crippen LogP contribution < -0.4 is 11.1 Å². The molecule has 0 aromatic heterocycles. The van der Waals surface area contributed by atoms with E-state index >= 15 is 0 Å². The van der Waals surface area contributed by atoms with Gasteiger partial charge in [0.1, 0.15) is 6.04 Å². The predicted octanol–water partition coefficient (Wildman–Crippen LogP) is -0.419. The van der Waals surface area contributed by atoms with Gasteiger partial charge in [-0.2, -0.15) is 0 Å². The second-order valence-electron chi connectivity index (χ2n) is 4.48. The van der Waals surface area contributed by atoms with Gasteiger partial charge in [0.25, 0.3) is 0 Å². The van der Waals surface area contributed by atoms with Crippen molar-refractivity contribution in [2.24, 2.45) is 11.7 Å². The number of methoxy groups -OCH3 is 1. The fourth-order valence-corrected chi connectivity index (χ4v) is 1.56. The van der Waals surface area contributed by atoms with E-state index in [-0.39, 0.29) is 18.4 Å². The molecular formula is C12H25N3O3. The topological polar surface area (TPSA) is 84.7 Å². The quantitative estimate of drug-likeness (QED) is 0.578. The van der Waals surface area contributed by atoms with Crippen molar-refractivity contribution in [3.8, 4) is 0 Å². The highest BCUT2D eigenvalue weighted by molar-refractivity contribution is 5.85. The van der Waals surface area contributed by atoms with Gasteiger partial charge in [-0.05, 0) is 13.0 Å². The number of nitrogens with two attached hydrogens (primary N) is 1. The fourth-order valence-electron chi connectivity index (χ4n) is 1.56. The molecule has 0 saturated carbocycles. The van der Waals surface area contributed by atoms with Crippen molar-refractivity contribution < 1.29 is 14.3 Å². The minimum Gasteiger partial charge on any atom is -0.467 e. The molecule has 0 aliphatic heterocycles. The van der Waals surface area contributed by atoms with Gasteiger partial charge in [0, 0.05) is 13.1 Å². The van der Waals surface area contributed by atoms with Crippen LogP contribution in [0.2, 0.25) is 0 Å². The van der Waals surface area contributed by atoms with Crippen LogP contribution in [-0.4, -0.2) is 56.6 Å². The first-order valence-electron chi connectivity index (χ1n) is 6.22. The summed E-state index contributed by atoms with van der Waals surface area (Å²) in [7, 11) is 3.13. The number of rotatable bonds is 8. The number of nitrogens with one attached hydrogen (secondary N) is 1. The van der Waals surface area contributed by atoms with Crippen molar-refractivity contribution in [3.05, 3.63) is 0 Å². The Hall–Kier alpha value is -1.14. The van der Waals surface area contributed by atoms with Crippen LogP contribution in [0.3, 0.4) is 0 Å². The zero-order valence-electron chi connectivity index (χ0n) is 11.7. The molecule has 0 radical (unpaired) electrons. The summed E-state index contributed by atoms with van der Waals surface area (Å²) in [4.78, 5) is 25.2. The van der Waals surface area contributed by atoms with E-state index in [9.17, 15) is 9.59 Å². The average molecular weight is 259 g/mol. The Labute approximate surface area is 109 Å². The number of ether oxygens (including phenoxy) is 1. The number of carbonyl (C=O) groups is 2. The third-order valence-corrected chi connectivity index (χ3v) is 2.91. The Bertz CT molecular complexity index is 271. The molecule has 0 spiro atoms. The van der Waals surface area contributed by atoms with Gasteiger partial charge >= 0.3 is 5.97 Å². The lowest BCUT2D eigenvalue weighted by atomic mass is 9.99. The molecule has 18 heavy (non-hydrogen) atoms. The number of hydrogen-bond donors (Lipinski definition) is 2. The molecule has 0 aliphatic rings. The minimum atomic E-state index is -0.584. The number of likely N-dealkylation sites (N-methyl/N-ethyl adjacent to an activating group) is 1. The summed E-state index contributed by atoms with van der Waals surface area (Å²) in [6.45, 7) is 5.23. The maximum absolute atomic E-state index is 11.8. The van der Waals surface area contributed by atoms with E-state index in [1.165, 1.54) is 7.11 Å². The molecule has 1 amide bonds. The summed E-state index contributed by atoms with van der Waals surface area (Å²) in [5.41, 5.74) is 5.40. The van der Waals surface area contributed by atoms with Gasteiger partial charge in [-0.3, -0.25) is 9.69 Å². The lowest BCUT2D eigenvalue weighted by Crippen LogP contribution is -2.48. The Morgan fingerprint density at radius 2 is 2.06 bits per heavy atom. The molecule has 0 fully saturated rings. The summed E-state index contributed by atoms with van der Waals surface area (Å²) in [5, 5.41) is 2.71. The van der Waals surface area contributed by atoms with Gasteiger partial charge in [0.05, 0.1) is 13.7 Å². The van der Waals surface area contributed by atoms with E-state index in [4.69, 9.17) is 10.5 Å². The molecule has 0 rings (SSSR count). The monoisotopic (exact) mass is 259 g/mol. The van der Waals surface area contributed by atoms with Gasteiger partial charge in [-0.1, -0.05) is 20.3 Å². The first-order chi connectivity index (χ1) is 8.46. The maximum Gasteiger partial charge on any atom is 0.328 e. The Morgan fingerprint density at radius 3 is 2.50 bits per heavy atom. The van der Waals surface area contributed by atoms with Crippen molar-refractivity contribution in [1.29, 1.82) is 0 Å². The molecule has 0 aromatic carbocycles. The number of hydrogen-bond acceptors (Lipinski definition) is 5. The number of carbonyl (C=O) groups excluding carboxylic acids is 2. The highest BCUT2D eigenvalue weighted by atomic mass is 16.5. The number of nitrogens with zero attached hydrogens (tertiary/aromatic N) is 1. The molecule has 0 heterocycles. The van der Waals surface area contributed by atoms with E-state index in [1.54, 1.807) is 4.90 Å². The van der Waals surface area contributed by atoms with Crippen LogP contribution in [0, 0.1) is 5.92 Å². The zero-order chi connectivity index (χ0) is 14.1. The highest BCUT2D eigenvalue weighted by Crippen LogP contribution is 2.09. The van der Waals surface area contributed by atoms with Crippen LogP contribution >= 0.6 is 0 Å². The van der Waals surface area contributed by atoms with Crippen LogP contribution in [0.1, 0.15) is 20.3 Å². The fraction of sp³-hybridized carbons (Fsp3) is 0.833. The lowest BCUT2D eigenvalue weighted by Gasteiger charge is -2.23. The van der Waals surface area contributed by atoms with E-state index in [0.717, 1.165) is 6.42 Å². The smallest absolute Gasteiger partial charge is 0.328 e. The van der Waals surface area contributed by atoms with Crippen molar-refractivity contribution in [1.82, 2.24) is 10.2 Å². The van der Waals surface area contributed by atoms with Crippen LogP contribution in [0.5, 0.6) is 0 Å². The first kappa shape index (κ1) is 16.9. The standard InChI is InChI=1S/C12H25N3O3/c1-5-9(2)11(12(17)18-4)14-10(16)8-15(3)7-6-13/h9,11H,5-8,13H2,1-4H3,(H,14,16). The molecule has 3 N–H and O–H groups in total. The Morgan fingerprint density at radius 1 is 1.44 bits per heavy atom. The summed E-state index contributed by atoms with van der Waals surface area (Å²) in [6.07, 6.45) is 0.790. The Balaban J connectivity index is 4.40. The molecule has 0 aliphatic carbocycles. The third kappa shape index (κ3) is 5.97. The first-order valence-corrected chi connectivity index (χ1v) is 6.22. The summed E-state index contributed by atoms with van der Waals surface area (Å²) in [6, 6.07) is -0.584. The molecule has 6 nitrogen and oxygen atoms in total. The van der Waals surface area contributed by atoms with E-state index in [2.05, 4.69) is 5.32 Å². The van der Waals surface area contributed by atoms with Gasteiger partial charge in [-0.25, -0.2) is 4.79 Å². The predicted molar refractivity (Wildman–Crippen MR) is 70.0 cm³/mol. The normalized spacial score (nSPS) is 14.1. The molecule has 106 valence electrons. The van der Waals surface area contributed by atoms with E-state index in [0.29, 0.717) is 13.1 Å². The molecule has 2 atom stereocenters. The largest absolute Gasteiger partial charge is 0.467 e. The van der Waals surface area contributed by atoms with Crippen molar-refractivity contribution in [2.75, 3.05) is 33.8 Å². The van der Waals surface area contributed by atoms with E-state index in [1.807, 2.05) is 20.9 Å². The Kier molecular flexibility index (Phi) is 8.32. The molecule has 6 heteroatoms. The third-order valence-electron chi connectivity index (χ3n) is 2.91. The molecule has 0 aromatic rings. The van der Waals surface area contributed by atoms with E-state index < -0.39 is 12.0 Å². The minimum absolute atomic E-state index is 0.0428. The molecule has 0 bridgehead atoms. The SMILES string of the molecule is CCC(C)C(NC(=O)CN(C)CCN)C(=O)OC. The molecular weight excluding hydrogens is 234 g/mol. The summed E-state index contributed by atoms with van der Waals surface area (Å²) in [5.74, 6) is -0.554. The molecule has 2 unspecified atom stereocenters. The van der Waals surface area contributed by atoms with Crippen LogP contribution in [0.25, 0.3) is 0 Å².